The first kappa shape index (κ1) is 15.6. The van der Waals surface area contributed by atoms with Gasteiger partial charge < -0.3 is 5.32 Å². The zero-order valence-corrected chi connectivity index (χ0v) is 13.9. The topological polar surface area (TPSA) is 54.9 Å². The van der Waals surface area contributed by atoms with Gasteiger partial charge in [0.05, 0.1) is 6.04 Å². The fourth-order valence-electron chi connectivity index (χ4n) is 2.11. The molecule has 1 amide bonds. The van der Waals surface area contributed by atoms with Gasteiger partial charge in [0.2, 0.25) is 0 Å². The van der Waals surface area contributed by atoms with E-state index in [0.717, 1.165) is 16.1 Å². The third-order valence-corrected chi connectivity index (χ3v) is 4.53. The molecule has 0 radical (unpaired) electrons. The van der Waals surface area contributed by atoms with Gasteiger partial charge in [-0.15, -0.1) is 11.3 Å². The Morgan fingerprint density at radius 3 is 2.57 bits per heavy atom. The van der Waals surface area contributed by atoms with Crippen molar-refractivity contribution in [1.82, 2.24) is 15.3 Å². The van der Waals surface area contributed by atoms with Crippen molar-refractivity contribution in [2.45, 2.75) is 13.0 Å². The van der Waals surface area contributed by atoms with Crippen molar-refractivity contribution >= 4 is 28.8 Å². The maximum Gasteiger partial charge on any atom is 0.271 e. The van der Waals surface area contributed by atoms with E-state index in [-0.39, 0.29) is 11.9 Å². The Hall–Kier alpha value is -2.24. The molecule has 0 saturated carbocycles. The summed E-state index contributed by atoms with van der Waals surface area (Å²) in [5.74, 6) is -0.189. The minimum atomic E-state index is -0.189. The molecule has 0 aliphatic carbocycles. The Bertz CT molecular complexity index is 802. The predicted octanol–water partition coefficient (Wildman–Crippen LogP) is 4.35. The highest BCUT2D eigenvalue weighted by Gasteiger charge is 2.15. The number of aromatic nitrogens is 2. The van der Waals surface area contributed by atoms with Gasteiger partial charge in [-0.2, -0.15) is 0 Å². The SMILES string of the molecule is CC(NC(=O)c1csc(-c2ccc(Cl)cc2)n1)c1ccncc1. The number of hydrogen-bond donors (Lipinski definition) is 1. The third-order valence-electron chi connectivity index (χ3n) is 3.38. The molecule has 1 N–H and O–H groups in total. The number of nitrogens with zero attached hydrogens (tertiary/aromatic N) is 2. The molecule has 4 nitrogen and oxygen atoms in total. The molecule has 0 aliphatic heterocycles. The number of rotatable bonds is 4. The molecule has 1 aromatic carbocycles. The average Bonchev–Trinajstić information content (AvgIpc) is 3.06. The van der Waals surface area contributed by atoms with Crippen molar-refractivity contribution in [3.8, 4) is 10.6 Å². The number of nitrogens with one attached hydrogen (secondary N) is 1. The zero-order valence-electron chi connectivity index (χ0n) is 12.4. The maximum absolute atomic E-state index is 12.3. The molecule has 0 spiro atoms. The Morgan fingerprint density at radius 1 is 1.17 bits per heavy atom. The van der Waals surface area contributed by atoms with E-state index < -0.39 is 0 Å². The van der Waals surface area contributed by atoms with Crippen molar-refractivity contribution in [2.24, 2.45) is 0 Å². The summed E-state index contributed by atoms with van der Waals surface area (Å²) in [5, 5.41) is 6.18. The second-order valence-corrected chi connectivity index (χ2v) is 6.32. The lowest BCUT2D eigenvalue weighted by Gasteiger charge is -2.12. The molecule has 0 fully saturated rings. The number of carbonyl (C=O) groups is 1. The molecule has 23 heavy (non-hydrogen) atoms. The van der Waals surface area contributed by atoms with Crippen LogP contribution in [-0.2, 0) is 0 Å². The Balaban J connectivity index is 1.72. The maximum atomic E-state index is 12.3. The second kappa shape index (κ2) is 6.89. The summed E-state index contributed by atoms with van der Waals surface area (Å²) < 4.78 is 0. The molecule has 6 heteroatoms. The number of hydrogen-bond acceptors (Lipinski definition) is 4. The molecule has 0 saturated heterocycles. The minimum absolute atomic E-state index is 0.105. The Labute approximate surface area is 143 Å². The van der Waals surface area contributed by atoms with Gasteiger partial charge in [0.15, 0.2) is 0 Å². The third kappa shape index (κ3) is 3.75. The van der Waals surface area contributed by atoms with Crippen LogP contribution in [0, 0.1) is 0 Å². The number of thiazole rings is 1. The van der Waals surface area contributed by atoms with Gasteiger partial charge in [-0.1, -0.05) is 23.7 Å². The zero-order chi connectivity index (χ0) is 16.2. The molecule has 1 atom stereocenters. The predicted molar refractivity (Wildman–Crippen MR) is 92.7 cm³/mol. The fourth-order valence-corrected chi connectivity index (χ4v) is 3.04. The van der Waals surface area contributed by atoms with Crippen LogP contribution in [0.1, 0.15) is 29.0 Å². The van der Waals surface area contributed by atoms with Crippen molar-refractivity contribution in [3.05, 3.63) is 70.5 Å². The molecule has 116 valence electrons. The highest BCUT2D eigenvalue weighted by Crippen LogP contribution is 2.25. The van der Waals surface area contributed by atoms with Crippen LogP contribution in [-0.4, -0.2) is 15.9 Å². The Kier molecular flexibility index (Phi) is 4.69. The van der Waals surface area contributed by atoms with Crippen LogP contribution in [0.15, 0.2) is 54.2 Å². The van der Waals surface area contributed by atoms with Gasteiger partial charge in [-0.05, 0) is 36.8 Å². The van der Waals surface area contributed by atoms with Crippen molar-refractivity contribution in [2.75, 3.05) is 0 Å². The highest BCUT2D eigenvalue weighted by molar-refractivity contribution is 7.13. The molecule has 3 rings (SSSR count). The quantitative estimate of drug-likeness (QED) is 0.766. The van der Waals surface area contributed by atoms with E-state index >= 15 is 0 Å². The van der Waals surface area contributed by atoms with Gasteiger partial charge in [0.1, 0.15) is 10.7 Å². The highest BCUT2D eigenvalue weighted by atomic mass is 35.5. The van der Waals surface area contributed by atoms with Gasteiger partial charge in [-0.25, -0.2) is 4.98 Å². The van der Waals surface area contributed by atoms with E-state index in [2.05, 4.69) is 15.3 Å². The lowest BCUT2D eigenvalue weighted by atomic mass is 10.1. The van der Waals surface area contributed by atoms with Gasteiger partial charge in [-0.3, -0.25) is 9.78 Å². The van der Waals surface area contributed by atoms with Gasteiger partial charge >= 0.3 is 0 Å². The van der Waals surface area contributed by atoms with Gasteiger partial charge in [0.25, 0.3) is 5.91 Å². The number of halogens is 1. The number of carbonyl (C=O) groups excluding carboxylic acids is 1. The number of benzene rings is 1. The summed E-state index contributed by atoms with van der Waals surface area (Å²) in [5.41, 5.74) is 2.36. The standard InChI is InChI=1S/C17H14ClN3OS/c1-11(12-6-8-19-9-7-12)20-16(22)15-10-23-17(21-15)13-2-4-14(18)5-3-13/h2-11H,1H3,(H,20,22). The van der Waals surface area contributed by atoms with E-state index in [1.807, 2.05) is 43.3 Å². The normalized spacial score (nSPS) is 11.9. The van der Waals surface area contributed by atoms with E-state index in [1.54, 1.807) is 17.8 Å². The molecule has 0 bridgehead atoms. The van der Waals surface area contributed by atoms with Crippen LogP contribution >= 0.6 is 22.9 Å². The monoisotopic (exact) mass is 343 g/mol. The largest absolute Gasteiger partial charge is 0.344 e. The first-order valence-electron chi connectivity index (χ1n) is 7.06. The van der Waals surface area contributed by atoms with Crippen molar-refractivity contribution < 1.29 is 4.79 Å². The molecule has 0 aliphatic rings. The smallest absolute Gasteiger partial charge is 0.271 e. The van der Waals surface area contributed by atoms with Crippen molar-refractivity contribution in [1.29, 1.82) is 0 Å². The summed E-state index contributed by atoms with van der Waals surface area (Å²) in [6, 6.07) is 11.1. The van der Waals surface area contributed by atoms with Crippen LogP contribution in [0.5, 0.6) is 0 Å². The first-order chi connectivity index (χ1) is 11.1. The summed E-state index contributed by atoms with van der Waals surface area (Å²) in [7, 11) is 0. The van der Waals surface area contributed by atoms with E-state index in [9.17, 15) is 4.79 Å². The molecule has 3 aromatic rings. The molecule has 1 unspecified atom stereocenters. The number of pyridine rings is 1. The fraction of sp³-hybridized carbons (Fsp3) is 0.118. The van der Waals surface area contributed by atoms with E-state index in [4.69, 9.17) is 11.6 Å². The molecular formula is C17H14ClN3OS. The minimum Gasteiger partial charge on any atom is -0.344 e. The lowest BCUT2D eigenvalue weighted by Crippen LogP contribution is -2.26. The van der Waals surface area contributed by atoms with Crippen LogP contribution in [0.25, 0.3) is 10.6 Å². The van der Waals surface area contributed by atoms with Crippen LogP contribution in [0.2, 0.25) is 5.02 Å². The summed E-state index contributed by atoms with van der Waals surface area (Å²) in [6.07, 6.45) is 3.42. The molecule has 2 aromatic heterocycles. The number of amides is 1. The molecular weight excluding hydrogens is 330 g/mol. The van der Waals surface area contributed by atoms with Gasteiger partial charge in [0, 0.05) is 28.4 Å². The van der Waals surface area contributed by atoms with Crippen LogP contribution in [0.4, 0.5) is 0 Å². The lowest BCUT2D eigenvalue weighted by molar-refractivity contribution is 0.0935. The van der Waals surface area contributed by atoms with Crippen LogP contribution < -0.4 is 5.32 Å². The second-order valence-electron chi connectivity index (χ2n) is 5.02. The van der Waals surface area contributed by atoms with Crippen LogP contribution in [0.3, 0.4) is 0 Å². The summed E-state index contributed by atoms with van der Waals surface area (Å²) in [6.45, 7) is 1.93. The summed E-state index contributed by atoms with van der Waals surface area (Å²) in [4.78, 5) is 20.7. The summed E-state index contributed by atoms with van der Waals surface area (Å²) >= 11 is 7.32. The Morgan fingerprint density at radius 2 is 1.87 bits per heavy atom. The first-order valence-corrected chi connectivity index (χ1v) is 8.31. The molecule has 2 heterocycles. The average molecular weight is 344 g/mol. The van der Waals surface area contributed by atoms with Crippen molar-refractivity contribution in [3.63, 3.8) is 0 Å². The van der Waals surface area contributed by atoms with E-state index in [0.29, 0.717) is 10.7 Å². The van der Waals surface area contributed by atoms with E-state index in [1.165, 1.54) is 11.3 Å².